The van der Waals surface area contributed by atoms with Crippen LogP contribution < -0.4 is 5.32 Å². The van der Waals surface area contributed by atoms with Crippen LogP contribution in [0.2, 0.25) is 0 Å². The molecule has 0 spiro atoms. The predicted molar refractivity (Wildman–Crippen MR) is 138 cm³/mol. The van der Waals surface area contributed by atoms with Crippen molar-refractivity contribution in [1.29, 1.82) is 0 Å². The van der Waals surface area contributed by atoms with E-state index in [9.17, 15) is 14.4 Å². The van der Waals surface area contributed by atoms with Crippen LogP contribution in [0.3, 0.4) is 0 Å². The van der Waals surface area contributed by atoms with E-state index < -0.39 is 5.54 Å². The Hall–Kier alpha value is -3.19. The molecule has 5 rings (SSSR count). The highest BCUT2D eigenvalue weighted by Gasteiger charge is 2.52. The van der Waals surface area contributed by atoms with Crippen molar-refractivity contribution in [2.45, 2.75) is 50.5 Å². The summed E-state index contributed by atoms with van der Waals surface area (Å²) in [5.41, 5.74) is 0.655. The molecule has 36 heavy (non-hydrogen) atoms. The fourth-order valence-corrected chi connectivity index (χ4v) is 5.87. The zero-order chi connectivity index (χ0) is 25.0. The van der Waals surface area contributed by atoms with Gasteiger partial charge in [0.1, 0.15) is 0 Å². The normalized spacial score (nSPS) is 24.0. The van der Waals surface area contributed by atoms with Gasteiger partial charge >= 0.3 is 6.03 Å². The summed E-state index contributed by atoms with van der Waals surface area (Å²) in [5, 5.41) is 3.05. The van der Waals surface area contributed by atoms with E-state index in [1.807, 2.05) is 60.7 Å². The monoisotopic (exact) mass is 488 g/mol. The van der Waals surface area contributed by atoms with E-state index in [2.05, 4.69) is 15.1 Å². The van der Waals surface area contributed by atoms with Gasteiger partial charge in [0.05, 0.1) is 6.67 Å². The van der Waals surface area contributed by atoms with E-state index in [1.54, 1.807) is 0 Å². The lowest BCUT2D eigenvalue weighted by Crippen LogP contribution is -2.49. The van der Waals surface area contributed by atoms with Crippen LogP contribution in [0.25, 0.3) is 0 Å². The second-order valence-electron chi connectivity index (χ2n) is 10.4. The first-order valence-electron chi connectivity index (χ1n) is 13.3. The van der Waals surface area contributed by atoms with Crippen molar-refractivity contribution in [3.8, 4) is 0 Å². The van der Waals surface area contributed by atoms with E-state index in [-0.39, 0.29) is 30.4 Å². The highest BCUT2D eigenvalue weighted by atomic mass is 16.2. The number of likely N-dealkylation sites (tertiary alicyclic amines) is 2. The number of rotatable bonds is 6. The van der Waals surface area contributed by atoms with Gasteiger partial charge < -0.3 is 10.2 Å². The summed E-state index contributed by atoms with van der Waals surface area (Å²) in [6, 6.07) is 19.0. The molecule has 1 atom stereocenters. The van der Waals surface area contributed by atoms with Gasteiger partial charge in [-0.15, -0.1) is 0 Å². The average molecular weight is 489 g/mol. The summed E-state index contributed by atoms with van der Waals surface area (Å²) >= 11 is 0. The lowest BCUT2D eigenvalue weighted by molar-refractivity contribution is -0.138. The third-order valence-corrected chi connectivity index (χ3v) is 7.95. The number of imide groups is 1. The number of piperidine rings is 1. The van der Waals surface area contributed by atoms with Gasteiger partial charge in [0.15, 0.2) is 5.54 Å². The van der Waals surface area contributed by atoms with Crippen LogP contribution in [-0.2, 0) is 21.5 Å². The molecule has 0 aliphatic carbocycles. The van der Waals surface area contributed by atoms with Crippen LogP contribution in [0.15, 0.2) is 60.7 Å². The highest BCUT2D eigenvalue weighted by Crippen LogP contribution is 2.33. The Bertz CT molecular complexity index is 1060. The van der Waals surface area contributed by atoms with E-state index in [0.717, 1.165) is 49.9 Å². The molecule has 1 N–H and O–H groups in total. The van der Waals surface area contributed by atoms with E-state index in [1.165, 1.54) is 17.7 Å². The van der Waals surface area contributed by atoms with Crippen LogP contribution in [0.1, 0.15) is 49.7 Å². The number of hydrogen-bond acceptors (Lipinski definition) is 4. The largest absolute Gasteiger partial charge is 0.342 e. The van der Waals surface area contributed by atoms with Crippen LogP contribution >= 0.6 is 0 Å². The van der Waals surface area contributed by atoms with Gasteiger partial charge in [-0.1, -0.05) is 73.5 Å². The van der Waals surface area contributed by atoms with Crippen LogP contribution in [0.5, 0.6) is 0 Å². The fraction of sp³-hybridized carbons (Fsp3) is 0.483. The maximum absolute atomic E-state index is 13.9. The SMILES string of the molecule is O=C(C1CCN(CN2C(=O)N[C@](Cc3ccccc3)(c3ccccc3)C2=O)CC1)N1CCCCCC1. The number of benzene rings is 2. The molecular weight excluding hydrogens is 452 g/mol. The molecular formula is C29H36N4O3. The molecule has 7 heteroatoms. The van der Waals surface area contributed by atoms with Gasteiger partial charge in [0.2, 0.25) is 5.91 Å². The van der Waals surface area contributed by atoms with Crippen LogP contribution in [0, 0.1) is 5.92 Å². The summed E-state index contributed by atoms with van der Waals surface area (Å²) in [6.07, 6.45) is 6.56. The molecule has 190 valence electrons. The first kappa shape index (κ1) is 24.5. The minimum atomic E-state index is -1.12. The summed E-state index contributed by atoms with van der Waals surface area (Å²) in [5.74, 6) is 0.117. The predicted octanol–water partition coefficient (Wildman–Crippen LogP) is 3.75. The molecule has 2 aromatic carbocycles. The number of carbonyl (C=O) groups is 3. The Labute approximate surface area is 213 Å². The third-order valence-electron chi connectivity index (χ3n) is 7.95. The van der Waals surface area contributed by atoms with Crippen molar-refractivity contribution in [2.24, 2.45) is 5.92 Å². The first-order valence-corrected chi connectivity index (χ1v) is 13.3. The standard InChI is InChI=1S/C29H36N4O3/c34-26(32-17-9-1-2-10-18-32)24-15-19-31(20-16-24)22-33-27(35)29(30-28(33)36,25-13-7-4-8-14-25)21-23-11-5-3-6-12-23/h3-8,11-14,24H,1-2,9-10,15-22H2,(H,30,36)/t29-/m1/s1. The fourth-order valence-electron chi connectivity index (χ4n) is 5.87. The Morgan fingerprint density at radius 2 is 1.44 bits per heavy atom. The first-order chi connectivity index (χ1) is 17.6. The van der Waals surface area contributed by atoms with Crippen molar-refractivity contribution in [3.63, 3.8) is 0 Å². The van der Waals surface area contributed by atoms with Crippen LogP contribution in [0.4, 0.5) is 4.79 Å². The zero-order valence-electron chi connectivity index (χ0n) is 20.9. The van der Waals surface area contributed by atoms with Crippen molar-refractivity contribution in [3.05, 3.63) is 71.8 Å². The molecule has 0 saturated carbocycles. The molecule has 0 radical (unpaired) electrons. The molecule has 7 nitrogen and oxygen atoms in total. The van der Waals surface area contributed by atoms with E-state index in [0.29, 0.717) is 19.5 Å². The smallest absolute Gasteiger partial charge is 0.326 e. The Morgan fingerprint density at radius 1 is 0.833 bits per heavy atom. The van der Waals surface area contributed by atoms with Gasteiger partial charge in [0.25, 0.3) is 5.91 Å². The molecule has 3 saturated heterocycles. The summed E-state index contributed by atoms with van der Waals surface area (Å²) in [6.45, 7) is 3.42. The Kier molecular flexibility index (Phi) is 7.37. The molecule has 0 aromatic heterocycles. The van der Waals surface area contributed by atoms with Gasteiger partial charge in [0, 0.05) is 38.5 Å². The number of hydrogen-bond donors (Lipinski definition) is 1. The van der Waals surface area contributed by atoms with Crippen molar-refractivity contribution < 1.29 is 14.4 Å². The maximum Gasteiger partial charge on any atom is 0.326 e. The second kappa shape index (κ2) is 10.8. The minimum absolute atomic E-state index is 0.0453. The van der Waals surface area contributed by atoms with Crippen molar-refractivity contribution in [2.75, 3.05) is 32.8 Å². The van der Waals surface area contributed by atoms with E-state index in [4.69, 9.17) is 0 Å². The summed E-state index contributed by atoms with van der Waals surface area (Å²) in [4.78, 5) is 45.6. The molecule has 3 aliphatic rings. The highest BCUT2D eigenvalue weighted by molar-refractivity contribution is 6.07. The lowest BCUT2D eigenvalue weighted by Gasteiger charge is -2.35. The second-order valence-corrected chi connectivity index (χ2v) is 10.4. The van der Waals surface area contributed by atoms with Gasteiger partial charge in [-0.05, 0) is 36.8 Å². The van der Waals surface area contributed by atoms with E-state index >= 15 is 0 Å². The van der Waals surface area contributed by atoms with Gasteiger partial charge in [-0.2, -0.15) is 0 Å². The number of nitrogens with zero attached hydrogens (tertiary/aromatic N) is 3. The number of urea groups is 1. The topological polar surface area (TPSA) is 73.0 Å². The Balaban J connectivity index is 1.26. The number of nitrogens with one attached hydrogen (secondary N) is 1. The molecule has 3 aliphatic heterocycles. The summed E-state index contributed by atoms with van der Waals surface area (Å²) < 4.78 is 0. The Morgan fingerprint density at radius 3 is 2.08 bits per heavy atom. The third kappa shape index (κ3) is 5.03. The van der Waals surface area contributed by atoms with Gasteiger partial charge in [-0.25, -0.2) is 9.69 Å². The molecule has 4 amide bonds. The number of amides is 4. The minimum Gasteiger partial charge on any atom is -0.342 e. The molecule has 0 bridgehead atoms. The lowest BCUT2D eigenvalue weighted by atomic mass is 9.83. The summed E-state index contributed by atoms with van der Waals surface area (Å²) in [7, 11) is 0. The molecule has 2 aromatic rings. The average Bonchev–Trinajstić information content (AvgIpc) is 3.10. The zero-order valence-corrected chi connectivity index (χ0v) is 20.9. The van der Waals surface area contributed by atoms with Crippen molar-refractivity contribution >= 4 is 17.8 Å². The van der Waals surface area contributed by atoms with Crippen LogP contribution in [-0.4, -0.2) is 65.4 Å². The molecule has 3 fully saturated rings. The maximum atomic E-state index is 13.9. The molecule has 3 heterocycles. The number of carbonyl (C=O) groups excluding carboxylic acids is 3. The molecule has 0 unspecified atom stereocenters. The van der Waals surface area contributed by atoms with Crippen molar-refractivity contribution in [1.82, 2.24) is 20.0 Å². The van der Waals surface area contributed by atoms with Gasteiger partial charge in [-0.3, -0.25) is 14.5 Å². The quantitative estimate of drug-likeness (QED) is 0.629.